The number of nitrogens with one attached hydrogen (secondary N) is 2. The van der Waals surface area contributed by atoms with Gasteiger partial charge in [-0.3, -0.25) is 4.79 Å². The zero-order valence-corrected chi connectivity index (χ0v) is 29.4. The Hall–Kier alpha value is -3.49. The summed E-state index contributed by atoms with van der Waals surface area (Å²) in [6, 6.07) is 11.7. The number of carbonyl (C=O) groups excluding carboxylic acids is 1. The third-order valence-corrected chi connectivity index (χ3v) is 14.4. The van der Waals surface area contributed by atoms with Crippen LogP contribution in [0.1, 0.15) is 54.7 Å². The molecule has 1 saturated heterocycles. The van der Waals surface area contributed by atoms with Crippen LogP contribution in [0.2, 0.25) is 23.2 Å². The number of benzene rings is 2. The van der Waals surface area contributed by atoms with Gasteiger partial charge in [-0.05, 0) is 73.6 Å². The van der Waals surface area contributed by atoms with E-state index < -0.39 is 8.32 Å². The molecule has 1 fully saturated rings. The van der Waals surface area contributed by atoms with Crippen LogP contribution in [0, 0.1) is 18.3 Å². The lowest BCUT2D eigenvalue weighted by molar-refractivity contribution is 0.0663. The molecule has 238 valence electrons. The number of anilines is 3. The fourth-order valence-corrected chi connectivity index (χ4v) is 6.85. The van der Waals surface area contributed by atoms with E-state index in [1.165, 1.54) is 0 Å². The van der Waals surface area contributed by atoms with Crippen LogP contribution >= 0.6 is 11.6 Å². The van der Waals surface area contributed by atoms with Gasteiger partial charge in [-0.2, -0.15) is 5.26 Å². The summed E-state index contributed by atoms with van der Waals surface area (Å²) < 4.78 is 6.67. The van der Waals surface area contributed by atoms with E-state index in [2.05, 4.69) is 80.5 Å². The van der Waals surface area contributed by atoms with Gasteiger partial charge in [-0.15, -0.1) is 0 Å². The number of hydrogen-bond donors (Lipinski definition) is 2. The second-order valence-electron chi connectivity index (χ2n) is 14.1. The number of nitrogens with zero attached hydrogens (tertiary/aromatic N) is 5. The molecule has 9 nitrogen and oxygen atoms in total. The van der Waals surface area contributed by atoms with E-state index in [-0.39, 0.29) is 16.4 Å². The van der Waals surface area contributed by atoms with E-state index in [0.29, 0.717) is 59.7 Å². The highest BCUT2D eigenvalue weighted by molar-refractivity contribution is 6.74. The van der Waals surface area contributed by atoms with E-state index in [1.54, 1.807) is 18.3 Å². The maximum Gasteiger partial charge on any atom is 0.254 e. The van der Waals surface area contributed by atoms with Crippen LogP contribution in [-0.2, 0) is 9.84 Å². The molecule has 1 amide bonds. The van der Waals surface area contributed by atoms with E-state index in [1.807, 2.05) is 24.0 Å². The van der Waals surface area contributed by atoms with Gasteiger partial charge in [0.25, 0.3) is 5.91 Å². The standard InChI is InChI=1S/C34H44ClN7O2Si/c1-22-26(31(43)42-13-11-41(6)12-14-42)17-25(35)18-29(22)40-32-37-10-9-28(39-32)23-15-24(19-36)30-27(16-23)34(5,20-38-30)21-44-45(7,8)33(2,3)4/h9-10,15-18,38H,11-14,20-21H2,1-8H3,(H,37,39,40). The highest BCUT2D eigenvalue weighted by atomic mass is 35.5. The summed E-state index contributed by atoms with van der Waals surface area (Å²) in [5, 5.41) is 17.4. The Bertz CT molecular complexity index is 1660. The first-order chi connectivity index (χ1) is 21.1. The van der Waals surface area contributed by atoms with E-state index in [9.17, 15) is 10.1 Å². The first kappa shape index (κ1) is 32.9. The molecule has 3 aromatic rings. The third kappa shape index (κ3) is 6.72. The van der Waals surface area contributed by atoms with E-state index in [0.717, 1.165) is 35.5 Å². The maximum atomic E-state index is 13.4. The molecule has 2 aliphatic rings. The van der Waals surface area contributed by atoms with E-state index >= 15 is 0 Å². The van der Waals surface area contributed by atoms with Crippen molar-refractivity contribution in [3.8, 4) is 17.3 Å². The molecule has 0 bridgehead atoms. The quantitative estimate of drug-likeness (QED) is 0.270. The Morgan fingerprint density at radius 3 is 2.58 bits per heavy atom. The molecule has 0 saturated carbocycles. The lowest BCUT2D eigenvalue weighted by Gasteiger charge is -2.39. The van der Waals surface area contributed by atoms with Crippen molar-refractivity contribution in [3.63, 3.8) is 0 Å². The Labute approximate surface area is 273 Å². The van der Waals surface area contributed by atoms with Gasteiger partial charge in [-0.25, -0.2) is 9.97 Å². The molecule has 3 heterocycles. The van der Waals surface area contributed by atoms with Crippen molar-refractivity contribution in [3.05, 3.63) is 63.8 Å². The summed E-state index contributed by atoms with van der Waals surface area (Å²) in [4.78, 5) is 26.8. The minimum Gasteiger partial charge on any atom is -0.416 e. The predicted octanol–water partition coefficient (Wildman–Crippen LogP) is 6.81. The predicted molar refractivity (Wildman–Crippen MR) is 184 cm³/mol. The lowest BCUT2D eigenvalue weighted by Crippen LogP contribution is -2.47. The summed E-state index contributed by atoms with van der Waals surface area (Å²) in [5.74, 6) is 0.342. The van der Waals surface area contributed by atoms with Crippen LogP contribution < -0.4 is 10.6 Å². The molecule has 0 aliphatic carbocycles. The summed E-state index contributed by atoms with van der Waals surface area (Å²) in [5.41, 5.74) is 5.72. The third-order valence-electron chi connectivity index (χ3n) is 9.71. The normalized spacial score (nSPS) is 18.7. The molecule has 5 rings (SSSR count). The van der Waals surface area contributed by atoms with Crippen molar-refractivity contribution in [2.75, 3.05) is 57.0 Å². The number of rotatable bonds is 7. The van der Waals surface area contributed by atoms with Gasteiger partial charge in [0.1, 0.15) is 6.07 Å². The van der Waals surface area contributed by atoms with Crippen molar-refractivity contribution in [2.24, 2.45) is 0 Å². The van der Waals surface area contributed by atoms with Crippen LogP contribution in [0.25, 0.3) is 11.3 Å². The number of carbonyl (C=O) groups is 1. The molecule has 2 aromatic carbocycles. The van der Waals surface area contributed by atoms with Crippen LogP contribution in [0.15, 0.2) is 36.5 Å². The SMILES string of the molecule is Cc1c(Nc2nccc(-c3cc(C#N)c4c(c3)C(C)(CO[Si](C)(C)C(C)(C)C)CN4)n2)cc(Cl)cc1C(=O)N1CCN(C)CC1. The fraction of sp³-hybridized carbons (Fsp3) is 0.471. The lowest BCUT2D eigenvalue weighted by atomic mass is 9.83. The van der Waals surface area contributed by atoms with Gasteiger partial charge in [-0.1, -0.05) is 39.3 Å². The van der Waals surface area contributed by atoms with Gasteiger partial charge in [0, 0.05) is 72.8 Å². The van der Waals surface area contributed by atoms with E-state index in [4.69, 9.17) is 21.0 Å². The van der Waals surface area contributed by atoms with Crippen molar-refractivity contribution in [1.29, 1.82) is 5.26 Å². The highest BCUT2D eigenvalue weighted by Gasteiger charge is 2.42. The zero-order chi connectivity index (χ0) is 32.7. The average molecular weight is 646 g/mol. The van der Waals surface area contributed by atoms with Gasteiger partial charge in [0.2, 0.25) is 5.95 Å². The highest BCUT2D eigenvalue weighted by Crippen LogP contribution is 2.44. The van der Waals surface area contributed by atoms with Crippen molar-refractivity contribution >= 4 is 43.1 Å². The summed E-state index contributed by atoms with van der Waals surface area (Å²) >= 11 is 6.51. The van der Waals surface area contributed by atoms with Crippen molar-refractivity contribution < 1.29 is 9.22 Å². The first-order valence-corrected chi connectivity index (χ1v) is 18.8. The largest absolute Gasteiger partial charge is 0.416 e. The maximum absolute atomic E-state index is 13.4. The Morgan fingerprint density at radius 1 is 1.20 bits per heavy atom. The number of hydrogen-bond acceptors (Lipinski definition) is 8. The van der Waals surface area contributed by atoms with Crippen LogP contribution in [0.5, 0.6) is 0 Å². The van der Waals surface area contributed by atoms with Crippen LogP contribution in [-0.4, -0.2) is 80.4 Å². The molecule has 11 heteroatoms. The number of piperazine rings is 1. The second kappa shape index (κ2) is 12.4. The van der Waals surface area contributed by atoms with Crippen LogP contribution in [0.3, 0.4) is 0 Å². The topological polar surface area (TPSA) is 106 Å². The zero-order valence-electron chi connectivity index (χ0n) is 27.6. The Morgan fingerprint density at radius 2 is 1.91 bits per heavy atom. The number of nitriles is 1. The summed E-state index contributed by atoms with van der Waals surface area (Å²) in [6.07, 6.45) is 1.69. The number of likely N-dealkylation sites (N-methyl/N-ethyl adjacent to an activating group) is 1. The van der Waals surface area contributed by atoms with Crippen molar-refractivity contribution in [1.82, 2.24) is 19.8 Å². The second-order valence-corrected chi connectivity index (χ2v) is 19.4. The monoisotopic (exact) mass is 645 g/mol. The Balaban J connectivity index is 1.43. The van der Waals surface area contributed by atoms with Gasteiger partial charge in [0.05, 0.1) is 16.9 Å². The number of halogens is 1. The summed E-state index contributed by atoms with van der Waals surface area (Å²) in [6.45, 7) is 19.6. The number of fused-ring (bicyclic) bond motifs is 1. The molecule has 1 unspecified atom stereocenters. The Kier molecular flexibility index (Phi) is 9.04. The average Bonchev–Trinajstić information content (AvgIpc) is 3.33. The minimum absolute atomic E-state index is 0.0304. The van der Waals surface area contributed by atoms with Crippen LogP contribution in [0.4, 0.5) is 17.3 Å². The van der Waals surface area contributed by atoms with Gasteiger partial charge in [0.15, 0.2) is 8.32 Å². The first-order valence-electron chi connectivity index (χ1n) is 15.5. The molecular weight excluding hydrogens is 602 g/mol. The molecular formula is C34H44ClN7O2Si. The van der Waals surface area contributed by atoms with Crippen molar-refractivity contribution in [2.45, 2.75) is 58.2 Å². The molecule has 2 N–H and O–H groups in total. The molecule has 2 aliphatic heterocycles. The molecule has 0 radical (unpaired) electrons. The van der Waals surface area contributed by atoms with Gasteiger partial charge < -0.3 is 24.9 Å². The number of aromatic nitrogens is 2. The molecule has 45 heavy (non-hydrogen) atoms. The molecule has 0 spiro atoms. The smallest absolute Gasteiger partial charge is 0.254 e. The molecule has 1 aromatic heterocycles. The van der Waals surface area contributed by atoms with Gasteiger partial charge >= 0.3 is 0 Å². The summed E-state index contributed by atoms with van der Waals surface area (Å²) in [7, 11) is 0.0877. The number of amides is 1. The minimum atomic E-state index is -1.97. The molecule has 1 atom stereocenters. The fourth-order valence-electron chi connectivity index (χ4n) is 5.52.